The average Bonchev–Trinajstić information content (AvgIpc) is 3.17. The van der Waals surface area contributed by atoms with E-state index in [1.54, 1.807) is 13.3 Å². The number of likely N-dealkylation sites (tertiary alicyclic amines) is 1. The summed E-state index contributed by atoms with van der Waals surface area (Å²) in [4.78, 5) is 18.8. The highest BCUT2D eigenvalue weighted by atomic mass is 32.1. The van der Waals surface area contributed by atoms with Gasteiger partial charge in [0.05, 0.1) is 0 Å². The highest BCUT2D eigenvalue weighted by molar-refractivity contribution is 7.15. The fourth-order valence-corrected chi connectivity index (χ4v) is 3.46. The molecule has 0 saturated carbocycles. The maximum atomic E-state index is 12.4. The van der Waals surface area contributed by atoms with Crippen LogP contribution >= 0.6 is 11.3 Å². The number of hydrogen-bond acceptors (Lipinski definition) is 7. The van der Waals surface area contributed by atoms with Crippen molar-refractivity contribution in [2.45, 2.75) is 25.5 Å². The number of nitrogens with one attached hydrogen (secondary N) is 1. The lowest BCUT2D eigenvalue weighted by Crippen LogP contribution is -2.19. The van der Waals surface area contributed by atoms with Gasteiger partial charge in [0, 0.05) is 19.3 Å². The van der Waals surface area contributed by atoms with Crippen LogP contribution < -0.4 is 5.32 Å². The minimum Gasteiger partial charge on any atom is -0.377 e. The molecule has 7 nitrogen and oxygen atoms in total. The predicted octanol–water partition coefficient (Wildman–Crippen LogP) is 2.10. The van der Waals surface area contributed by atoms with E-state index in [1.165, 1.54) is 17.8 Å². The van der Waals surface area contributed by atoms with Gasteiger partial charge >= 0.3 is 0 Å². The molecule has 1 atom stereocenters. The molecule has 3 rings (SSSR count). The van der Waals surface area contributed by atoms with E-state index in [4.69, 9.17) is 4.74 Å². The van der Waals surface area contributed by atoms with Gasteiger partial charge in [-0.1, -0.05) is 11.3 Å². The largest absolute Gasteiger partial charge is 0.377 e. The topological polar surface area (TPSA) is 80.2 Å². The van der Waals surface area contributed by atoms with Crippen LogP contribution in [0.5, 0.6) is 0 Å². The first-order valence-corrected chi connectivity index (χ1v) is 8.28. The fourth-order valence-electron chi connectivity index (χ4n) is 2.76. The van der Waals surface area contributed by atoms with Crippen molar-refractivity contribution in [1.29, 1.82) is 0 Å². The van der Waals surface area contributed by atoms with Crippen LogP contribution in [0.15, 0.2) is 18.3 Å². The Bertz CT molecular complexity index is 690. The van der Waals surface area contributed by atoms with Gasteiger partial charge in [0.25, 0.3) is 5.91 Å². The van der Waals surface area contributed by atoms with Crippen LogP contribution in [-0.2, 0) is 11.3 Å². The summed E-state index contributed by atoms with van der Waals surface area (Å²) in [6.07, 6.45) is 3.98. The number of amides is 1. The van der Waals surface area contributed by atoms with Gasteiger partial charge in [-0.2, -0.15) is 0 Å². The maximum absolute atomic E-state index is 12.4. The van der Waals surface area contributed by atoms with Crippen molar-refractivity contribution in [3.8, 4) is 0 Å². The number of methoxy groups -OCH3 is 1. The van der Waals surface area contributed by atoms with Crippen LogP contribution in [-0.4, -0.2) is 46.7 Å². The molecule has 8 heteroatoms. The highest BCUT2D eigenvalue weighted by Crippen LogP contribution is 2.30. The SMILES string of the molecule is COCc1nnc(NC(=O)c2cc([C@H]3CCCN3C)ccn2)s1. The highest BCUT2D eigenvalue weighted by Gasteiger charge is 2.23. The maximum Gasteiger partial charge on any atom is 0.276 e. The molecule has 0 radical (unpaired) electrons. The zero-order valence-corrected chi connectivity index (χ0v) is 14.0. The summed E-state index contributed by atoms with van der Waals surface area (Å²) in [7, 11) is 3.70. The van der Waals surface area contributed by atoms with Crippen molar-refractivity contribution in [1.82, 2.24) is 20.1 Å². The first-order valence-electron chi connectivity index (χ1n) is 7.46. The molecule has 2 aromatic heterocycles. The van der Waals surface area contributed by atoms with Crippen molar-refractivity contribution in [2.75, 3.05) is 26.0 Å². The minimum atomic E-state index is -0.271. The minimum absolute atomic E-state index is 0.271. The van der Waals surface area contributed by atoms with Crippen LogP contribution in [0.4, 0.5) is 5.13 Å². The Morgan fingerprint density at radius 2 is 2.39 bits per heavy atom. The summed E-state index contributed by atoms with van der Waals surface area (Å²) in [5.74, 6) is -0.271. The van der Waals surface area contributed by atoms with E-state index in [2.05, 4.69) is 32.4 Å². The molecule has 122 valence electrons. The summed E-state index contributed by atoms with van der Waals surface area (Å²) < 4.78 is 4.99. The molecule has 1 aliphatic heterocycles. The number of hydrogen-bond donors (Lipinski definition) is 1. The number of rotatable bonds is 5. The standard InChI is InChI=1S/C15H19N5O2S/c1-20-7-3-4-12(20)10-5-6-16-11(8-10)14(21)17-15-19-18-13(23-15)9-22-2/h5-6,8,12H,3-4,7,9H2,1-2H3,(H,17,19,21)/t12-/m1/s1. The molecule has 23 heavy (non-hydrogen) atoms. The van der Waals surface area contributed by atoms with E-state index in [-0.39, 0.29) is 5.91 Å². The molecule has 1 aliphatic rings. The lowest BCUT2D eigenvalue weighted by Gasteiger charge is -2.19. The van der Waals surface area contributed by atoms with Crippen molar-refractivity contribution in [3.63, 3.8) is 0 Å². The molecular weight excluding hydrogens is 314 g/mol. The number of anilines is 1. The van der Waals surface area contributed by atoms with Crippen molar-refractivity contribution < 1.29 is 9.53 Å². The van der Waals surface area contributed by atoms with Gasteiger partial charge in [0.1, 0.15) is 17.3 Å². The number of nitrogens with zero attached hydrogens (tertiary/aromatic N) is 4. The van der Waals surface area contributed by atoms with Crippen molar-refractivity contribution in [3.05, 3.63) is 34.6 Å². The van der Waals surface area contributed by atoms with Gasteiger partial charge in [0.15, 0.2) is 0 Å². The summed E-state index contributed by atoms with van der Waals surface area (Å²) >= 11 is 1.30. The molecule has 0 spiro atoms. The number of ether oxygens (including phenoxy) is 1. The van der Waals surface area contributed by atoms with E-state index in [0.717, 1.165) is 23.5 Å². The number of carbonyl (C=O) groups excluding carboxylic acids is 1. The van der Waals surface area contributed by atoms with Crippen LogP contribution in [0.1, 0.15) is 39.9 Å². The molecule has 1 N–H and O–H groups in total. The van der Waals surface area contributed by atoms with Crippen LogP contribution in [0, 0.1) is 0 Å². The Hall–Kier alpha value is -1.90. The fraction of sp³-hybridized carbons (Fsp3) is 0.467. The number of pyridine rings is 1. The molecule has 0 aliphatic carbocycles. The second-order valence-corrected chi connectivity index (χ2v) is 6.56. The molecule has 0 aromatic carbocycles. The molecule has 1 amide bonds. The Balaban J connectivity index is 1.71. The van der Waals surface area contributed by atoms with E-state index < -0.39 is 0 Å². The first kappa shape index (κ1) is 16.0. The quantitative estimate of drug-likeness (QED) is 0.902. The summed E-state index contributed by atoms with van der Waals surface area (Å²) in [5, 5.41) is 11.8. The summed E-state index contributed by atoms with van der Waals surface area (Å²) in [5.41, 5.74) is 1.52. The molecule has 1 saturated heterocycles. The third-order valence-electron chi connectivity index (χ3n) is 3.88. The lowest BCUT2D eigenvalue weighted by atomic mass is 10.1. The van der Waals surface area contributed by atoms with Gasteiger partial charge in [0.2, 0.25) is 5.13 Å². The lowest BCUT2D eigenvalue weighted by molar-refractivity contribution is 0.102. The molecule has 0 bridgehead atoms. The van der Waals surface area contributed by atoms with Gasteiger partial charge in [-0.25, -0.2) is 0 Å². The first-order chi connectivity index (χ1) is 11.2. The number of carbonyl (C=O) groups is 1. The average molecular weight is 333 g/mol. The van der Waals surface area contributed by atoms with E-state index >= 15 is 0 Å². The smallest absolute Gasteiger partial charge is 0.276 e. The molecule has 3 heterocycles. The van der Waals surface area contributed by atoms with Gasteiger partial charge in [-0.3, -0.25) is 20.0 Å². The van der Waals surface area contributed by atoms with Crippen LogP contribution in [0.3, 0.4) is 0 Å². The molecule has 2 aromatic rings. The Morgan fingerprint density at radius 1 is 1.52 bits per heavy atom. The van der Waals surface area contributed by atoms with E-state index in [1.807, 2.05) is 12.1 Å². The third kappa shape index (κ3) is 3.72. The Labute approximate surface area is 138 Å². The zero-order chi connectivity index (χ0) is 16.2. The van der Waals surface area contributed by atoms with Gasteiger partial charge in [-0.05, 0) is 44.1 Å². The van der Waals surface area contributed by atoms with Gasteiger partial charge in [-0.15, -0.1) is 10.2 Å². The van der Waals surface area contributed by atoms with E-state index in [9.17, 15) is 4.79 Å². The zero-order valence-electron chi connectivity index (χ0n) is 13.2. The monoisotopic (exact) mass is 333 g/mol. The number of aromatic nitrogens is 3. The normalized spacial score (nSPS) is 18.3. The summed E-state index contributed by atoms with van der Waals surface area (Å²) in [6, 6.07) is 4.20. The van der Waals surface area contributed by atoms with Gasteiger partial charge < -0.3 is 4.74 Å². The predicted molar refractivity (Wildman–Crippen MR) is 87.4 cm³/mol. The van der Waals surface area contributed by atoms with Crippen LogP contribution in [0.25, 0.3) is 0 Å². The molecule has 1 fully saturated rings. The second kappa shape index (κ2) is 7.12. The summed E-state index contributed by atoms with van der Waals surface area (Å²) in [6.45, 7) is 1.47. The molecule has 0 unspecified atom stereocenters. The molecular formula is C15H19N5O2S. The van der Waals surface area contributed by atoms with Crippen molar-refractivity contribution >= 4 is 22.4 Å². The second-order valence-electron chi connectivity index (χ2n) is 5.50. The Kier molecular flexibility index (Phi) is 4.94. The van der Waals surface area contributed by atoms with Crippen LogP contribution in [0.2, 0.25) is 0 Å². The Morgan fingerprint density at radius 3 is 3.13 bits per heavy atom. The van der Waals surface area contributed by atoms with Crippen molar-refractivity contribution in [2.24, 2.45) is 0 Å². The third-order valence-corrected chi connectivity index (χ3v) is 4.69. The van der Waals surface area contributed by atoms with E-state index in [0.29, 0.717) is 23.5 Å².